The fourth-order valence-electron chi connectivity index (χ4n) is 11.6. The summed E-state index contributed by atoms with van der Waals surface area (Å²) in [6.45, 7) is 0. The molecular formula is C72H60N4O8S5. The number of benzene rings is 8. The summed E-state index contributed by atoms with van der Waals surface area (Å²) < 4.78 is 45.9. The number of hydrogen-bond donors (Lipinski definition) is 0. The lowest BCUT2D eigenvalue weighted by Crippen LogP contribution is -2.09. The minimum absolute atomic E-state index is 0.777. The molecular weight excluding hydrogens is 1210 g/mol. The third-order valence-corrected chi connectivity index (χ3v) is 25.3. The number of thiophene rings is 4. The van der Waals surface area contributed by atoms with E-state index in [0.717, 1.165) is 111 Å². The maximum absolute atomic E-state index is 5.74. The Morgan fingerprint density at radius 3 is 0.472 bits per heavy atom. The Kier molecular flexibility index (Phi) is 15.4. The van der Waals surface area contributed by atoms with Gasteiger partial charge >= 0.3 is 0 Å². The number of rotatable bonds is 20. The summed E-state index contributed by atoms with van der Waals surface area (Å²) in [7, 11) is 11.3. The molecule has 0 N–H and O–H groups in total. The summed E-state index contributed by atoms with van der Waals surface area (Å²) in [5.74, 6) is 6.21. The molecule has 0 amide bonds. The van der Waals surface area contributed by atoms with Crippen LogP contribution in [-0.4, -0.2) is 56.9 Å². The van der Waals surface area contributed by atoms with Crippen molar-refractivity contribution in [1.82, 2.24) is 0 Å². The predicted molar refractivity (Wildman–Crippen MR) is 367 cm³/mol. The topological polar surface area (TPSA) is 86.8 Å². The monoisotopic (exact) mass is 1270 g/mol. The van der Waals surface area contributed by atoms with Crippen LogP contribution in [0.4, 0.5) is 65.5 Å². The lowest BCUT2D eigenvalue weighted by atomic mass is 10.2. The molecule has 4 aromatic heterocycles. The standard InChI is InChI=1S/C72H60N4O8S5/c1-77-53-25-9-45(10-26-53)73(46-11-27-54(78-2)28-12-46)65-41-61-69(85-65)70-62(42-66(86-70)74(47-13-29-55(79-3)30-14-47)48-15-31-56(80-4)32-16-48)89(61)63-43-67(75(49-17-33-57(81-5)34-18-49)50-19-35-58(82-6)36-20-50)87-71(63)72-64(89)44-68(88-72)76(51-21-37-59(83-7)38-22-51)52-23-39-60(84-8)40-24-52/h9-44H,1-8H3. The van der Waals surface area contributed by atoms with Crippen LogP contribution in [-0.2, 0) is 0 Å². The van der Waals surface area contributed by atoms with Crippen LogP contribution in [0.15, 0.2) is 238 Å². The van der Waals surface area contributed by atoms with E-state index in [2.05, 4.69) is 141 Å². The number of ether oxygens (including phenoxy) is 8. The first-order valence-corrected chi connectivity index (χ1v) is 33.3. The maximum atomic E-state index is 5.74. The molecule has 446 valence electrons. The molecule has 0 aliphatic carbocycles. The lowest BCUT2D eigenvalue weighted by Gasteiger charge is -2.34. The van der Waals surface area contributed by atoms with E-state index in [-0.39, 0.29) is 0 Å². The maximum Gasteiger partial charge on any atom is 0.119 e. The van der Waals surface area contributed by atoms with Crippen molar-refractivity contribution in [2.75, 3.05) is 76.5 Å². The number of methoxy groups -OCH3 is 8. The van der Waals surface area contributed by atoms with Gasteiger partial charge in [0, 0.05) is 65.1 Å². The molecule has 8 aromatic carbocycles. The normalized spacial score (nSPS) is 12.5. The first-order valence-electron chi connectivity index (χ1n) is 28.4. The summed E-state index contributed by atoms with van der Waals surface area (Å²) >= 11 is 7.31. The molecule has 2 aliphatic rings. The van der Waals surface area contributed by atoms with Crippen LogP contribution in [0.5, 0.6) is 46.0 Å². The highest BCUT2D eigenvalue weighted by Crippen LogP contribution is 2.89. The molecule has 17 heteroatoms. The van der Waals surface area contributed by atoms with Gasteiger partial charge in [0.25, 0.3) is 0 Å². The highest BCUT2D eigenvalue weighted by Gasteiger charge is 2.53. The molecule has 0 saturated carbocycles. The largest absolute Gasteiger partial charge is 0.497 e. The smallest absolute Gasteiger partial charge is 0.119 e. The van der Waals surface area contributed by atoms with E-state index in [9.17, 15) is 0 Å². The van der Waals surface area contributed by atoms with Crippen LogP contribution >= 0.6 is 55.4 Å². The Labute approximate surface area is 535 Å². The zero-order valence-electron chi connectivity index (χ0n) is 49.9. The van der Waals surface area contributed by atoms with Gasteiger partial charge in [-0.25, -0.2) is 0 Å². The van der Waals surface area contributed by atoms with Crippen molar-refractivity contribution >= 4 is 121 Å². The van der Waals surface area contributed by atoms with Gasteiger partial charge in [0.1, 0.15) is 66.0 Å². The number of anilines is 12. The van der Waals surface area contributed by atoms with Crippen LogP contribution in [0.2, 0.25) is 0 Å². The fourth-order valence-corrected chi connectivity index (χ4v) is 23.0. The van der Waals surface area contributed by atoms with E-state index in [0.29, 0.717) is 0 Å². The highest BCUT2D eigenvalue weighted by atomic mass is 32.3. The highest BCUT2D eigenvalue weighted by molar-refractivity contribution is 8.35. The molecule has 89 heavy (non-hydrogen) atoms. The molecule has 0 saturated heterocycles. The van der Waals surface area contributed by atoms with Gasteiger partial charge in [-0.1, -0.05) is 0 Å². The molecule has 12 aromatic rings. The van der Waals surface area contributed by atoms with Crippen molar-refractivity contribution in [2.24, 2.45) is 0 Å². The Morgan fingerprint density at radius 1 is 0.213 bits per heavy atom. The van der Waals surface area contributed by atoms with Gasteiger partial charge < -0.3 is 57.5 Å². The first kappa shape index (κ1) is 57.3. The second-order valence-electron chi connectivity index (χ2n) is 20.7. The molecule has 0 bridgehead atoms. The Balaban J connectivity index is 1.07. The average Bonchev–Trinajstić information content (AvgIpc) is 1.49. The number of fused-ring (bicyclic) bond motifs is 10. The van der Waals surface area contributed by atoms with Gasteiger partial charge in [-0.2, -0.15) is 0 Å². The predicted octanol–water partition coefficient (Wildman–Crippen LogP) is 21.2. The van der Waals surface area contributed by atoms with Gasteiger partial charge in [-0.05, 0) is 218 Å². The zero-order chi connectivity index (χ0) is 60.9. The number of nitrogens with zero attached hydrogens (tertiary/aromatic N) is 4. The lowest BCUT2D eigenvalue weighted by molar-refractivity contribution is 0.414. The van der Waals surface area contributed by atoms with Crippen molar-refractivity contribution in [3.05, 3.63) is 218 Å². The SMILES string of the molecule is COc1ccc(N(c2ccc(OC)cc2)c2cc3c(s2)-c2sc(N(c4ccc(OC)cc4)c4ccc(OC)cc4)cc2S32c3cc(N(c4ccc(OC)cc4)c4ccc(OC)cc4)sc3-c3sc(N(c4ccc(OC)cc4)c4ccc(OC)cc4)cc32)cc1. The summed E-state index contributed by atoms with van der Waals surface area (Å²) in [6.07, 6.45) is 0. The van der Waals surface area contributed by atoms with Crippen molar-refractivity contribution < 1.29 is 37.9 Å². The Hall–Kier alpha value is -9.49. The van der Waals surface area contributed by atoms with E-state index < -0.39 is 10.0 Å². The fraction of sp³-hybridized carbons (Fsp3) is 0.111. The summed E-state index contributed by atoms with van der Waals surface area (Å²) in [5, 5.41) is 4.27. The van der Waals surface area contributed by atoms with E-state index >= 15 is 0 Å². The molecule has 0 radical (unpaired) electrons. The second kappa shape index (κ2) is 23.9. The molecule has 0 atom stereocenters. The van der Waals surface area contributed by atoms with Crippen molar-refractivity contribution in [3.63, 3.8) is 0 Å². The van der Waals surface area contributed by atoms with E-state index in [1.165, 1.54) is 39.1 Å². The molecule has 0 unspecified atom stereocenters. The summed E-state index contributed by atoms with van der Waals surface area (Å²) in [5.41, 5.74) is 7.93. The van der Waals surface area contributed by atoms with Crippen LogP contribution in [0, 0.1) is 0 Å². The first-order chi connectivity index (χ1) is 43.7. The quantitative estimate of drug-likeness (QED) is 0.0728. The Morgan fingerprint density at radius 2 is 0.348 bits per heavy atom. The molecule has 2 aliphatic heterocycles. The van der Waals surface area contributed by atoms with Gasteiger partial charge in [0.2, 0.25) is 0 Å². The van der Waals surface area contributed by atoms with Crippen molar-refractivity contribution in [3.8, 4) is 65.5 Å². The minimum atomic E-state index is -2.38. The van der Waals surface area contributed by atoms with Gasteiger partial charge in [-0.3, -0.25) is 0 Å². The molecule has 6 heterocycles. The van der Waals surface area contributed by atoms with Crippen LogP contribution in [0.25, 0.3) is 19.5 Å². The summed E-state index contributed by atoms with van der Waals surface area (Å²) in [4.78, 5) is 19.5. The van der Waals surface area contributed by atoms with E-state index in [1.54, 1.807) is 56.9 Å². The third-order valence-electron chi connectivity index (χ3n) is 16.0. The average molecular weight is 1270 g/mol. The molecule has 1 spiro atoms. The van der Waals surface area contributed by atoms with Crippen LogP contribution in [0.1, 0.15) is 0 Å². The summed E-state index contributed by atoms with van der Waals surface area (Å²) in [6, 6.07) is 76.6. The van der Waals surface area contributed by atoms with E-state index in [4.69, 9.17) is 37.9 Å². The van der Waals surface area contributed by atoms with Crippen molar-refractivity contribution in [1.29, 1.82) is 0 Å². The molecule has 12 nitrogen and oxygen atoms in total. The van der Waals surface area contributed by atoms with Crippen molar-refractivity contribution in [2.45, 2.75) is 19.6 Å². The molecule has 0 fully saturated rings. The van der Waals surface area contributed by atoms with Crippen LogP contribution < -0.4 is 57.5 Å². The van der Waals surface area contributed by atoms with Gasteiger partial charge in [0.15, 0.2) is 0 Å². The number of hydrogen-bond acceptors (Lipinski definition) is 16. The van der Waals surface area contributed by atoms with Gasteiger partial charge in [-0.15, -0.1) is 55.4 Å². The third kappa shape index (κ3) is 9.99. The zero-order valence-corrected chi connectivity index (χ0v) is 54.0. The van der Waals surface area contributed by atoms with Crippen LogP contribution in [0.3, 0.4) is 0 Å². The van der Waals surface area contributed by atoms with Gasteiger partial charge in [0.05, 0.1) is 76.4 Å². The Bertz CT molecular complexity index is 3700. The van der Waals surface area contributed by atoms with E-state index in [1.807, 2.05) is 142 Å². The minimum Gasteiger partial charge on any atom is -0.497 e. The molecule has 14 rings (SSSR count). The second-order valence-corrected chi connectivity index (χ2v) is 27.8.